The molecule has 1 unspecified atom stereocenters. The summed E-state index contributed by atoms with van der Waals surface area (Å²) in [5.74, 6) is -1.72. The summed E-state index contributed by atoms with van der Waals surface area (Å²) in [4.78, 5) is 33.7. The van der Waals surface area contributed by atoms with E-state index in [2.05, 4.69) is 15.4 Å². The number of rotatable bonds is 7. The van der Waals surface area contributed by atoms with Crippen molar-refractivity contribution in [2.24, 2.45) is 0 Å². The normalized spacial score (nSPS) is 11.3. The summed E-state index contributed by atoms with van der Waals surface area (Å²) in [7, 11) is 1.22. The molecule has 0 heterocycles. The molecule has 21 heavy (non-hydrogen) atoms. The van der Waals surface area contributed by atoms with Gasteiger partial charge in [-0.15, -0.1) is 0 Å². The summed E-state index contributed by atoms with van der Waals surface area (Å²) in [6, 6.07) is 7.47. The van der Waals surface area contributed by atoms with E-state index in [9.17, 15) is 14.4 Å². The van der Waals surface area contributed by atoms with Gasteiger partial charge in [-0.25, -0.2) is 9.59 Å². The van der Waals surface area contributed by atoms with E-state index in [-0.39, 0.29) is 19.4 Å². The molecule has 0 aliphatic carbocycles. The van der Waals surface area contributed by atoms with Gasteiger partial charge in [0.25, 0.3) is 0 Å². The van der Waals surface area contributed by atoms with Crippen LogP contribution in [0.4, 0.5) is 4.79 Å². The smallest absolute Gasteiger partial charge is 0.326 e. The Morgan fingerprint density at radius 2 is 1.90 bits per heavy atom. The van der Waals surface area contributed by atoms with E-state index in [1.54, 1.807) is 0 Å². The van der Waals surface area contributed by atoms with Gasteiger partial charge in [0.2, 0.25) is 0 Å². The molecule has 0 fully saturated rings. The molecule has 7 heteroatoms. The predicted molar refractivity (Wildman–Crippen MR) is 74.5 cm³/mol. The molecule has 0 spiro atoms. The van der Waals surface area contributed by atoms with Gasteiger partial charge in [-0.1, -0.05) is 30.3 Å². The Balaban J connectivity index is 2.41. The van der Waals surface area contributed by atoms with Crippen LogP contribution in [0.2, 0.25) is 0 Å². The van der Waals surface area contributed by atoms with Crippen LogP contribution in [0.3, 0.4) is 0 Å². The summed E-state index contributed by atoms with van der Waals surface area (Å²) in [6.45, 7) is 0.288. The van der Waals surface area contributed by atoms with Crippen LogP contribution in [0.25, 0.3) is 0 Å². The van der Waals surface area contributed by atoms with Crippen molar-refractivity contribution < 1.29 is 24.2 Å². The van der Waals surface area contributed by atoms with E-state index >= 15 is 0 Å². The van der Waals surface area contributed by atoms with Gasteiger partial charge >= 0.3 is 18.0 Å². The van der Waals surface area contributed by atoms with E-state index in [0.717, 1.165) is 5.56 Å². The number of nitrogens with one attached hydrogen (secondary N) is 2. The van der Waals surface area contributed by atoms with Crippen LogP contribution >= 0.6 is 0 Å². The first-order valence-electron chi connectivity index (χ1n) is 6.41. The fourth-order valence-electron chi connectivity index (χ4n) is 1.61. The van der Waals surface area contributed by atoms with Crippen molar-refractivity contribution >= 4 is 18.0 Å². The Bertz CT molecular complexity index is 489. The fourth-order valence-corrected chi connectivity index (χ4v) is 1.61. The van der Waals surface area contributed by atoms with Crippen LogP contribution in [-0.4, -0.2) is 36.2 Å². The second kappa shape index (κ2) is 8.57. The molecule has 114 valence electrons. The van der Waals surface area contributed by atoms with Crippen molar-refractivity contribution in [3.8, 4) is 0 Å². The lowest BCUT2D eigenvalue weighted by Gasteiger charge is -2.14. The molecule has 0 aliphatic rings. The van der Waals surface area contributed by atoms with Gasteiger partial charge in [-0.2, -0.15) is 0 Å². The van der Waals surface area contributed by atoms with E-state index in [1.807, 2.05) is 30.3 Å². The first-order chi connectivity index (χ1) is 10.0. The number of carbonyl (C=O) groups is 3. The molecule has 1 atom stereocenters. The highest BCUT2D eigenvalue weighted by molar-refractivity contribution is 5.83. The van der Waals surface area contributed by atoms with Gasteiger partial charge in [0.15, 0.2) is 0 Å². The SMILES string of the molecule is COC(=O)CCC(NC(=O)NCc1ccccc1)C(=O)O. The van der Waals surface area contributed by atoms with Gasteiger partial charge in [0.05, 0.1) is 7.11 Å². The number of amides is 2. The molecule has 1 aromatic carbocycles. The third kappa shape index (κ3) is 6.42. The molecule has 2 amide bonds. The van der Waals surface area contributed by atoms with E-state index in [0.29, 0.717) is 0 Å². The van der Waals surface area contributed by atoms with Crippen molar-refractivity contribution in [2.75, 3.05) is 7.11 Å². The third-order valence-electron chi connectivity index (χ3n) is 2.76. The Kier molecular flexibility index (Phi) is 6.73. The maximum absolute atomic E-state index is 11.6. The summed E-state index contributed by atoms with van der Waals surface area (Å²) in [5, 5.41) is 13.9. The largest absolute Gasteiger partial charge is 0.480 e. The number of benzene rings is 1. The Hall–Kier alpha value is -2.57. The number of ether oxygens (including phenoxy) is 1. The minimum Gasteiger partial charge on any atom is -0.480 e. The van der Waals surface area contributed by atoms with Gasteiger partial charge in [-0.3, -0.25) is 4.79 Å². The van der Waals surface area contributed by atoms with Crippen LogP contribution in [0.15, 0.2) is 30.3 Å². The minimum atomic E-state index is -1.20. The van der Waals surface area contributed by atoms with E-state index < -0.39 is 24.0 Å². The number of hydrogen-bond donors (Lipinski definition) is 3. The second-order valence-electron chi connectivity index (χ2n) is 4.32. The van der Waals surface area contributed by atoms with Crippen LogP contribution in [0.1, 0.15) is 18.4 Å². The molecule has 1 aromatic rings. The topological polar surface area (TPSA) is 105 Å². The third-order valence-corrected chi connectivity index (χ3v) is 2.76. The molecule has 0 radical (unpaired) electrons. The number of methoxy groups -OCH3 is 1. The van der Waals surface area contributed by atoms with E-state index in [1.165, 1.54) is 7.11 Å². The van der Waals surface area contributed by atoms with Crippen molar-refractivity contribution in [1.29, 1.82) is 0 Å². The number of carboxylic acid groups (broad SMARTS) is 1. The van der Waals surface area contributed by atoms with Crippen molar-refractivity contribution in [1.82, 2.24) is 10.6 Å². The number of esters is 1. The minimum absolute atomic E-state index is 0.0270. The highest BCUT2D eigenvalue weighted by Crippen LogP contribution is 2.00. The van der Waals surface area contributed by atoms with Crippen molar-refractivity contribution in [3.05, 3.63) is 35.9 Å². The lowest BCUT2D eigenvalue weighted by molar-refractivity contribution is -0.142. The first kappa shape index (κ1) is 16.5. The van der Waals surface area contributed by atoms with Crippen molar-refractivity contribution in [3.63, 3.8) is 0 Å². The molecule has 0 aliphatic heterocycles. The van der Waals surface area contributed by atoms with Crippen LogP contribution < -0.4 is 10.6 Å². The van der Waals surface area contributed by atoms with Gasteiger partial charge in [0.1, 0.15) is 6.04 Å². The second-order valence-corrected chi connectivity index (χ2v) is 4.32. The average molecular weight is 294 g/mol. The lowest BCUT2D eigenvalue weighted by Crippen LogP contribution is -2.46. The maximum atomic E-state index is 11.6. The zero-order valence-electron chi connectivity index (χ0n) is 11.7. The zero-order chi connectivity index (χ0) is 15.7. The monoisotopic (exact) mass is 294 g/mol. The molecule has 7 nitrogen and oxygen atoms in total. The Morgan fingerprint density at radius 1 is 1.24 bits per heavy atom. The van der Waals surface area contributed by atoms with Gasteiger partial charge in [-0.05, 0) is 12.0 Å². The highest BCUT2D eigenvalue weighted by atomic mass is 16.5. The first-order valence-corrected chi connectivity index (χ1v) is 6.41. The summed E-state index contributed by atoms with van der Waals surface area (Å²) in [5.41, 5.74) is 0.897. The van der Waals surface area contributed by atoms with Crippen LogP contribution in [0, 0.1) is 0 Å². The number of carbonyl (C=O) groups excluding carboxylic acids is 2. The summed E-state index contributed by atoms with van der Waals surface area (Å²) >= 11 is 0. The quantitative estimate of drug-likeness (QED) is 0.648. The number of carboxylic acids is 1. The Morgan fingerprint density at radius 3 is 2.48 bits per heavy atom. The summed E-state index contributed by atoms with van der Waals surface area (Å²) < 4.78 is 4.43. The molecule has 1 rings (SSSR count). The lowest BCUT2D eigenvalue weighted by atomic mass is 10.1. The van der Waals surface area contributed by atoms with Crippen LogP contribution in [-0.2, 0) is 20.9 Å². The maximum Gasteiger partial charge on any atom is 0.326 e. The highest BCUT2D eigenvalue weighted by Gasteiger charge is 2.21. The van der Waals surface area contributed by atoms with Crippen LogP contribution in [0.5, 0.6) is 0 Å². The molecule has 0 bridgehead atoms. The van der Waals surface area contributed by atoms with E-state index in [4.69, 9.17) is 5.11 Å². The Labute approximate surface area is 122 Å². The molecule has 0 saturated carbocycles. The molecular formula is C14H18N2O5. The number of urea groups is 1. The standard InChI is InChI=1S/C14H18N2O5/c1-21-12(17)8-7-11(13(18)19)16-14(20)15-9-10-5-3-2-4-6-10/h2-6,11H,7-9H2,1H3,(H,18,19)(H2,15,16,20). The predicted octanol–water partition coefficient (Wildman–Crippen LogP) is 0.892. The molecule has 0 saturated heterocycles. The van der Waals surface area contributed by atoms with Gasteiger partial charge in [0, 0.05) is 13.0 Å². The molecule has 3 N–H and O–H groups in total. The zero-order valence-corrected chi connectivity index (χ0v) is 11.7. The summed E-state index contributed by atoms with van der Waals surface area (Å²) in [6.07, 6.45) is -0.104. The number of aliphatic carboxylic acids is 1. The average Bonchev–Trinajstić information content (AvgIpc) is 2.49. The van der Waals surface area contributed by atoms with Gasteiger partial charge < -0.3 is 20.5 Å². The fraction of sp³-hybridized carbons (Fsp3) is 0.357. The molecular weight excluding hydrogens is 276 g/mol. The van der Waals surface area contributed by atoms with Crippen molar-refractivity contribution in [2.45, 2.75) is 25.4 Å². The number of hydrogen-bond acceptors (Lipinski definition) is 4. The molecule has 0 aromatic heterocycles.